The number of benzene rings is 2. The smallest absolute Gasteiger partial charge is 0.300 e. The third-order valence-corrected chi connectivity index (χ3v) is 4.43. The van der Waals surface area contributed by atoms with Gasteiger partial charge in [-0.15, -0.1) is 0 Å². The highest BCUT2D eigenvalue weighted by molar-refractivity contribution is 8.18. The summed E-state index contributed by atoms with van der Waals surface area (Å²) in [5, 5.41) is 2.31. The van der Waals surface area contributed by atoms with Gasteiger partial charge < -0.3 is 5.32 Å². The number of halogens is 5. The first-order valence-electron chi connectivity index (χ1n) is 7.14. The number of nitrogens with zero attached hydrogens (tertiary/aromatic N) is 1. The zero-order valence-corrected chi connectivity index (χ0v) is 14.3. The number of hydrogen-bond donors (Lipinski definition) is 1. The maximum Gasteiger partial charge on any atom is 0.418 e. The van der Waals surface area contributed by atoms with Gasteiger partial charge in [-0.25, -0.2) is 9.38 Å². The average molecular weight is 401 g/mol. The molecule has 0 spiro atoms. The number of aliphatic imine (C=N–C) groups is 1. The number of amidine groups is 1. The van der Waals surface area contributed by atoms with E-state index in [1.165, 1.54) is 30.3 Å². The number of carbonyl (C=O) groups is 1. The Morgan fingerprint density at radius 3 is 2.62 bits per heavy atom. The predicted molar refractivity (Wildman–Crippen MR) is 93.7 cm³/mol. The van der Waals surface area contributed by atoms with Crippen LogP contribution in [0, 0.1) is 5.82 Å². The lowest BCUT2D eigenvalue weighted by Gasteiger charge is -2.10. The van der Waals surface area contributed by atoms with E-state index < -0.39 is 23.5 Å². The van der Waals surface area contributed by atoms with Crippen molar-refractivity contribution < 1.29 is 22.4 Å². The Bertz CT molecular complexity index is 941. The maximum absolute atomic E-state index is 13.2. The van der Waals surface area contributed by atoms with Gasteiger partial charge in [0.15, 0.2) is 5.17 Å². The van der Waals surface area contributed by atoms with E-state index in [0.717, 1.165) is 23.9 Å². The molecular weight excluding hydrogens is 392 g/mol. The Morgan fingerprint density at radius 2 is 1.92 bits per heavy atom. The monoisotopic (exact) mass is 400 g/mol. The standard InChI is InChI=1S/C17H9ClF4N2OS/c18-10-4-5-13(12(8-10)17(20,21)22)23-16-24-15(25)14(26-16)7-9-2-1-3-11(19)6-9/h1-8H,(H,23,24,25)/b14-7-. The highest BCUT2D eigenvalue weighted by Crippen LogP contribution is 2.39. The molecule has 1 aliphatic heterocycles. The molecule has 1 heterocycles. The Balaban J connectivity index is 1.92. The van der Waals surface area contributed by atoms with Crippen molar-refractivity contribution in [2.75, 3.05) is 0 Å². The van der Waals surface area contributed by atoms with E-state index in [2.05, 4.69) is 10.3 Å². The summed E-state index contributed by atoms with van der Waals surface area (Å²) < 4.78 is 52.5. The van der Waals surface area contributed by atoms with E-state index >= 15 is 0 Å². The molecule has 0 aromatic heterocycles. The lowest BCUT2D eigenvalue weighted by atomic mass is 10.2. The van der Waals surface area contributed by atoms with Gasteiger partial charge in [0.2, 0.25) is 0 Å². The molecule has 0 atom stereocenters. The largest absolute Gasteiger partial charge is 0.418 e. The molecule has 0 bridgehead atoms. The van der Waals surface area contributed by atoms with E-state index in [1.54, 1.807) is 6.07 Å². The number of nitrogens with one attached hydrogen (secondary N) is 1. The molecule has 1 aliphatic rings. The lowest BCUT2D eigenvalue weighted by molar-refractivity contribution is -0.137. The second kappa shape index (κ2) is 7.13. The number of alkyl halides is 3. The van der Waals surface area contributed by atoms with Crippen LogP contribution in [0.15, 0.2) is 52.4 Å². The molecule has 1 fully saturated rings. The molecule has 0 radical (unpaired) electrons. The molecule has 2 aromatic rings. The van der Waals surface area contributed by atoms with Crippen LogP contribution in [0.1, 0.15) is 11.1 Å². The zero-order chi connectivity index (χ0) is 18.9. The molecule has 2 aromatic carbocycles. The van der Waals surface area contributed by atoms with Crippen LogP contribution in [-0.4, -0.2) is 11.1 Å². The van der Waals surface area contributed by atoms with Crippen molar-refractivity contribution in [3.63, 3.8) is 0 Å². The highest BCUT2D eigenvalue weighted by Gasteiger charge is 2.34. The van der Waals surface area contributed by atoms with E-state index in [1.807, 2.05) is 0 Å². The fourth-order valence-corrected chi connectivity index (χ4v) is 3.18. The third-order valence-electron chi connectivity index (χ3n) is 3.28. The minimum Gasteiger partial charge on any atom is -0.300 e. The Kier molecular flexibility index (Phi) is 5.06. The highest BCUT2D eigenvalue weighted by atomic mass is 35.5. The molecule has 134 valence electrons. The number of thioether (sulfide) groups is 1. The SMILES string of the molecule is O=C1NC(=Nc2ccc(Cl)cc2C(F)(F)F)S/C1=C\c1cccc(F)c1. The third kappa shape index (κ3) is 4.25. The summed E-state index contributed by atoms with van der Waals surface area (Å²) in [5.41, 5.74) is -0.919. The molecule has 3 rings (SSSR count). The van der Waals surface area contributed by atoms with Gasteiger partial charge in [-0.05, 0) is 53.7 Å². The average Bonchev–Trinajstić information content (AvgIpc) is 2.87. The minimum absolute atomic E-state index is 0.00882. The first kappa shape index (κ1) is 18.5. The topological polar surface area (TPSA) is 41.5 Å². The minimum atomic E-state index is -4.64. The Morgan fingerprint density at radius 1 is 1.15 bits per heavy atom. The first-order chi connectivity index (χ1) is 12.2. The van der Waals surface area contributed by atoms with Crippen molar-refractivity contribution in [3.05, 3.63) is 69.3 Å². The maximum atomic E-state index is 13.2. The summed E-state index contributed by atoms with van der Waals surface area (Å²) in [7, 11) is 0. The van der Waals surface area contributed by atoms with Crippen molar-refractivity contribution in [2.24, 2.45) is 4.99 Å². The molecule has 3 nitrogen and oxygen atoms in total. The van der Waals surface area contributed by atoms with Crippen LogP contribution in [0.3, 0.4) is 0 Å². The second-order valence-electron chi connectivity index (χ2n) is 5.20. The Labute approximate surface area is 154 Å². The van der Waals surface area contributed by atoms with E-state index in [-0.39, 0.29) is 20.8 Å². The first-order valence-corrected chi connectivity index (χ1v) is 8.34. The Hall–Kier alpha value is -2.32. The summed E-state index contributed by atoms with van der Waals surface area (Å²) >= 11 is 6.49. The van der Waals surface area contributed by atoms with Crippen molar-refractivity contribution in [1.29, 1.82) is 0 Å². The molecule has 0 aliphatic carbocycles. The van der Waals surface area contributed by atoms with Gasteiger partial charge in [0.1, 0.15) is 5.82 Å². The van der Waals surface area contributed by atoms with E-state index in [9.17, 15) is 22.4 Å². The van der Waals surface area contributed by atoms with Crippen LogP contribution in [-0.2, 0) is 11.0 Å². The molecule has 1 N–H and O–H groups in total. The molecule has 9 heteroatoms. The van der Waals surface area contributed by atoms with Gasteiger partial charge in [-0.3, -0.25) is 4.79 Å². The van der Waals surface area contributed by atoms with Crippen LogP contribution >= 0.6 is 23.4 Å². The quantitative estimate of drug-likeness (QED) is 0.542. The van der Waals surface area contributed by atoms with Crippen LogP contribution < -0.4 is 5.32 Å². The van der Waals surface area contributed by atoms with Gasteiger partial charge in [0.25, 0.3) is 5.91 Å². The van der Waals surface area contributed by atoms with Crippen molar-refractivity contribution in [3.8, 4) is 0 Å². The molecular formula is C17H9ClF4N2OS. The van der Waals surface area contributed by atoms with Crippen LogP contribution in [0.5, 0.6) is 0 Å². The van der Waals surface area contributed by atoms with E-state index in [4.69, 9.17) is 11.6 Å². The summed E-state index contributed by atoms with van der Waals surface area (Å²) in [5.74, 6) is -0.992. The van der Waals surface area contributed by atoms with Crippen LogP contribution in [0.2, 0.25) is 5.02 Å². The predicted octanol–water partition coefficient (Wildman–Crippen LogP) is 5.39. The van der Waals surface area contributed by atoms with Crippen molar-refractivity contribution in [1.82, 2.24) is 5.32 Å². The van der Waals surface area contributed by atoms with Crippen LogP contribution in [0.4, 0.5) is 23.2 Å². The molecule has 1 amide bonds. The van der Waals surface area contributed by atoms with Crippen molar-refractivity contribution >= 4 is 46.2 Å². The number of amides is 1. The number of carbonyl (C=O) groups excluding carboxylic acids is 1. The second-order valence-corrected chi connectivity index (χ2v) is 6.66. The fraction of sp³-hybridized carbons (Fsp3) is 0.0588. The molecule has 0 saturated carbocycles. The van der Waals surface area contributed by atoms with Gasteiger partial charge >= 0.3 is 6.18 Å². The van der Waals surface area contributed by atoms with Gasteiger partial charge in [-0.1, -0.05) is 23.7 Å². The molecule has 26 heavy (non-hydrogen) atoms. The van der Waals surface area contributed by atoms with Gasteiger partial charge in [0, 0.05) is 5.02 Å². The fourth-order valence-electron chi connectivity index (χ4n) is 2.17. The van der Waals surface area contributed by atoms with Crippen LogP contribution in [0.25, 0.3) is 6.08 Å². The summed E-state index contributed by atoms with van der Waals surface area (Å²) in [6.45, 7) is 0. The van der Waals surface area contributed by atoms with Gasteiger partial charge in [0.05, 0.1) is 16.2 Å². The summed E-state index contributed by atoms with van der Waals surface area (Å²) in [6, 6.07) is 8.75. The summed E-state index contributed by atoms with van der Waals surface area (Å²) in [4.78, 5) is 16.1. The van der Waals surface area contributed by atoms with Crippen molar-refractivity contribution in [2.45, 2.75) is 6.18 Å². The van der Waals surface area contributed by atoms with E-state index in [0.29, 0.717) is 5.56 Å². The summed E-state index contributed by atoms with van der Waals surface area (Å²) in [6.07, 6.45) is -3.21. The lowest BCUT2D eigenvalue weighted by Crippen LogP contribution is -2.19. The normalized spacial score (nSPS) is 17.8. The zero-order valence-electron chi connectivity index (χ0n) is 12.8. The van der Waals surface area contributed by atoms with Gasteiger partial charge in [-0.2, -0.15) is 13.2 Å². The molecule has 1 saturated heterocycles. The number of rotatable bonds is 2. The number of hydrogen-bond acceptors (Lipinski definition) is 3. The molecule has 0 unspecified atom stereocenters.